The molecule has 1 atom stereocenters. The highest BCUT2D eigenvalue weighted by atomic mass is 16.6. The summed E-state index contributed by atoms with van der Waals surface area (Å²) in [6.45, 7) is 7.79. The summed E-state index contributed by atoms with van der Waals surface area (Å²) in [5.74, 6) is 1.24. The van der Waals surface area contributed by atoms with Gasteiger partial charge in [0.25, 0.3) is 0 Å². The lowest BCUT2D eigenvalue weighted by Gasteiger charge is -2.30. The van der Waals surface area contributed by atoms with Crippen molar-refractivity contribution in [2.45, 2.75) is 26.7 Å². The van der Waals surface area contributed by atoms with Crippen LogP contribution in [0.25, 0.3) is 0 Å². The lowest BCUT2D eigenvalue weighted by molar-refractivity contribution is -0.384. The number of nitrogens with one attached hydrogen (secondary N) is 1. The molecule has 1 aliphatic heterocycles. The lowest BCUT2D eigenvalue weighted by atomic mass is 10.0. The van der Waals surface area contributed by atoms with Crippen LogP contribution in [0.5, 0.6) is 0 Å². The van der Waals surface area contributed by atoms with Crippen LogP contribution >= 0.6 is 0 Å². The fourth-order valence-electron chi connectivity index (χ4n) is 2.89. The van der Waals surface area contributed by atoms with Gasteiger partial charge >= 0.3 is 5.69 Å². The van der Waals surface area contributed by atoms with E-state index in [2.05, 4.69) is 22.2 Å². The maximum absolute atomic E-state index is 11.1. The fourth-order valence-corrected chi connectivity index (χ4v) is 2.89. The number of nitro groups is 1. The Morgan fingerprint density at radius 2 is 2.30 bits per heavy atom. The van der Waals surface area contributed by atoms with E-state index in [1.165, 1.54) is 12.8 Å². The molecule has 0 aromatic carbocycles. The average Bonchev–Trinajstić information content (AvgIpc) is 2.64. The molecule has 0 aliphatic carbocycles. The topological polar surface area (TPSA) is 76.2 Å². The van der Waals surface area contributed by atoms with E-state index in [1.807, 2.05) is 0 Å². The normalized spacial score (nSPS) is 20.1. The summed E-state index contributed by atoms with van der Waals surface area (Å²) in [6, 6.07) is 0. The summed E-state index contributed by atoms with van der Waals surface area (Å²) < 4.78 is 1.55. The van der Waals surface area contributed by atoms with E-state index in [-0.39, 0.29) is 10.6 Å². The highest BCUT2D eigenvalue weighted by Crippen LogP contribution is 2.27. The van der Waals surface area contributed by atoms with Crippen molar-refractivity contribution < 1.29 is 4.92 Å². The quantitative estimate of drug-likeness (QED) is 0.657. The van der Waals surface area contributed by atoms with Crippen LogP contribution in [0, 0.1) is 23.0 Å². The molecule has 0 saturated carbocycles. The molecule has 0 amide bonds. The predicted octanol–water partition coefficient (Wildman–Crippen LogP) is 1.78. The standard InChI is InChI=1S/C13H23N5O2/c1-10-5-4-7-17(9-10)8-6-14-13-12(18(19)20)11(2)15-16(13)3/h10,14H,4-9H2,1-3H3. The zero-order chi connectivity index (χ0) is 14.7. The second-order valence-electron chi connectivity index (χ2n) is 5.64. The largest absolute Gasteiger partial charge is 0.363 e. The Hall–Kier alpha value is -1.63. The van der Waals surface area contributed by atoms with Crippen LogP contribution < -0.4 is 5.32 Å². The van der Waals surface area contributed by atoms with Crippen molar-refractivity contribution in [3.8, 4) is 0 Å². The molecule has 1 unspecified atom stereocenters. The molecule has 1 aliphatic rings. The van der Waals surface area contributed by atoms with Gasteiger partial charge in [0.05, 0.1) is 4.92 Å². The Morgan fingerprint density at radius 3 is 2.95 bits per heavy atom. The Balaban J connectivity index is 1.92. The average molecular weight is 281 g/mol. The Labute approximate surface area is 119 Å². The van der Waals surface area contributed by atoms with E-state index >= 15 is 0 Å². The number of anilines is 1. The lowest BCUT2D eigenvalue weighted by Crippen LogP contribution is -2.37. The van der Waals surface area contributed by atoms with Gasteiger partial charge in [0.15, 0.2) is 0 Å². The second kappa shape index (κ2) is 6.21. The van der Waals surface area contributed by atoms with Gasteiger partial charge in [0.2, 0.25) is 5.82 Å². The third-order valence-corrected chi connectivity index (χ3v) is 3.83. The van der Waals surface area contributed by atoms with Crippen molar-refractivity contribution in [3.05, 3.63) is 15.8 Å². The zero-order valence-electron chi connectivity index (χ0n) is 12.4. The van der Waals surface area contributed by atoms with E-state index < -0.39 is 0 Å². The fraction of sp³-hybridized carbons (Fsp3) is 0.769. The monoisotopic (exact) mass is 281 g/mol. The predicted molar refractivity (Wildman–Crippen MR) is 77.9 cm³/mol. The maximum Gasteiger partial charge on any atom is 0.333 e. The second-order valence-corrected chi connectivity index (χ2v) is 5.64. The molecule has 112 valence electrons. The van der Waals surface area contributed by atoms with E-state index in [1.54, 1.807) is 18.7 Å². The number of piperidine rings is 1. The van der Waals surface area contributed by atoms with Gasteiger partial charge in [-0.25, -0.2) is 4.68 Å². The van der Waals surface area contributed by atoms with Crippen LogP contribution in [-0.4, -0.2) is 45.8 Å². The van der Waals surface area contributed by atoms with Crippen LogP contribution in [0.15, 0.2) is 0 Å². The number of aryl methyl sites for hydroxylation is 2. The Bertz CT molecular complexity index is 485. The number of rotatable bonds is 5. The molecule has 1 N–H and O–H groups in total. The summed E-state index contributed by atoms with van der Waals surface area (Å²) in [6.07, 6.45) is 2.54. The van der Waals surface area contributed by atoms with Gasteiger partial charge < -0.3 is 10.2 Å². The van der Waals surface area contributed by atoms with Gasteiger partial charge in [-0.1, -0.05) is 6.92 Å². The van der Waals surface area contributed by atoms with Crippen LogP contribution in [-0.2, 0) is 7.05 Å². The molecule has 0 spiro atoms. The SMILES string of the molecule is Cc1nn(C)c(NCCN2CCCC(C)C2)c1[N+](=O)[O-]. The molecule has 7 heteroatoms. The van der Waals surface area contributed by atoms with Crippen molar-refractivity contribution >= 4 is 11.5 Å². The molecule has 1 aromatic rings. The molecule has 20 heavy (non-hydrogen) atoms. The molecule has 7 nitrogen and oxygen atoms in total. The van der Waals surface area contributed by atoms with Crippen LogP contribution in [0.3, 0.4) is 0 Å². The Kier molecular flexibility index (Phi) is 4.59. The highest BCUT2D eigenvalue weighted by Gasteiger charge is 2.24. The summed E-state index contributed by atoms with van der Waals surface area (Å²) in [4.78, 5) is 13.1. The van der Waals surface area contributed by atoms with Gasteiger partial charge in [-0.3, -0.25) is 10.1 Å². The van der Waals surface area contributed by atoms with Crippen LogP contribution in [0.2, 0.25) is 0 Å². The van der Waals surface area contributed by atoms with Crippen LogP contribution in [0.4, 0.5) is 11.5 Å². The number of likely N-dealkylation sites (tertiary alicyclic amines) is 1. The first-order valence-electron chi connectivity index (χ1n) is 7.13. The first-order valence-corrected chi connectivity index (χ1v) is 7.13. The van der Waals surface area contributed by atoms with Gasteiger partial charge in [0, 0.05) is 26.7 Å². The van der Waals surface area contributed by atoms with Gasteiger partial charge in [-0.05, 0) is 32.2 Å². The summed E-state index contributed by atoms with van der Waals surface area (Å²) >= 11 is 0. The smallest absolute Gasteiger partial charge is 0.333 e. The first kappa shape index (κ1) is 14.8. The number of nitrogens with zero attached hydrogens (tertiary/aromatic N) is 4. The number of hydrogen-bond acceptors (Lipinski definition) is 5. The number of hydrogen-bond donors (Lipinski definition) is 1. The summed E-state index contributed by atoms with van der Waals surface area (Å²) in [7, 11) is 1.73. The minimum atomic E-state index is -0.367. The van der Waals surface area contributed by atoms with E-state index in [0.29, 0.717) is 18.1 Å². The maximum atomic E-state index is 11.1. The molecular formula is C13H23N5O2. The third-order valence-electron chi connectivity index (χ3n) is 3.83. The van der Waals surface area contributed by atoms with Crippen molar-refractivity contribution in [1.29, 1.82) is 0 Å². The van der Waals surface area contributed by atoms with Gasteiger partial charge in [-0.15, -0.1) is 0 Å². The zero-order valence-corrected chi connectivity index (χ0v) is 12.4. The van der Waals surface area contributed by atoms with Gasteiger partial charge in [0.1, 0.15) is 5.69 Å². The minimum absolute atomic E-state index is 0.0829. The molecule has 0 bridgehead atoms. The van der Waals surface area contributed by atoms with Crippen molar-refractivity contribution in [2.75, 3.05) is 31.5 Å². The minimum Gasteiger partial charge on any atom is -0.363 e. The third kappa shape index (κ3) is 3.27. The van der Waals surface area contributed by atoms with E-state index in [9.17, 15) is 10.1 Å². The summed E-state index contributed by atoms with van der Waals surface area (Å²) in [5, 5.41) is 18.3. The van der Waals surface area contributed by atoms with Crippen molar-refractivity contribution in [3.63, 3.8) is 0 Å². The molecule has 1 aromatic heterocycles. The molecule has 0 radical (unpaired) electrons. The van der Waals surface area contributed by atoms with Crippen molar-refractivity contribution in [2.24, 2.45) is 13.0 Å². The molecule has 1 fully saturated rings. The molecule has 1 saturated heterocycles. The van der Waals surface area contributed by atoms with Crippen LogP contribution in [0.1, 0.15) is 25.5 Å². The molecule has 2 heterocycles. The van der Waals surface area contributed by atoms with Gasteiger partial charge in [-0.2, -0.15) is 5.10 Å². The molecule has 2 rings (SSSR count). The summed E-state index contributed by atoms with van der Waals surface area (Å²) in [5.41, 5.74) is 0.533. The molecular weight excluding hydrogens is 258 g/mol. The number of aromatic nitrogens is 2. The first-order chi connectivity index (χ1) is 9.49. The van der Waals surface area contributed by atoms with Crippen molar-refractivity contribution in [1.82, 2.24) is 14.7 Å². The highest BCUT2D eigenvalue weighted by molar-refractivity contribution is 5.59. The van der Waals surface area contributed by atoms with E-state index in [4.69, 9.17) is 0 Å². The Morgan fingerprint density at radius 1 is 1.55 bits per heavy atom. The van der Waals surface area contributed by atoms with E-state index in [0.717, 1.165) is 25.6 Å².